The van der Waals surface area contributed by atoms with Crippen LogP contribution in [0.15, 0.2) is 18.2 Å². The summed E-state index contributed by atoms with van der Waals surface area (Å²) in [6.45, 7) is 3.57. The number of nitrogens with one attached hydrogen (secondary N) is 1. The molecule has 1 aliphatic heterocycles. The zero-order valence-electron chi connectivity index (χ0n) is 12.9. The summed E-state index contributed by atoms with van der Waals surface area (Å²) in [5.41, 5.74) is 0.185. The number of amides is 1. The maximum atomic E-state index is 13.0. The molecule has 0 fully saturated rings. The Hall–Kier alpha value is -2.09. The van der Waals surface area contributed by atoms with Gasteiger partial charge in [-0.25, -0.2) is 0 Å². The first kappa shape index (κ1) is 16.8. The van der Waals surface area contributed by atoms with Crippen molar-refractivity contribution in [2.45, 2.75) is 38.5 Å². The standard InChI is InChI=1S/C15H14ClF3N4O/c1-7-6-11-13(21-22-20-11)8(2)23(7)14(24)9-4-3-5-10(12(9)16)15(17,18)19/h3-5,7-8H,6H2,1-2H3,(H,20,21,22)/t7-,8-/m1/s1. The van der Waals surface area contributed by atoms with Gasteiger partial charge in [0.05, 0.1) is 27.9 Å². The minimum atomic E-state index is -4.62. The van der Waals surface area contributed by atoms with Crippen LogP contribution in [0.4, 0.5) is 13.2 Å². The highest BCUT2D eigenvalue weighted by atomic mass is 35.5. The number of nitrogens with zero attached hydrogens (tertiary/aromatic N) is 3. The van der Waals surface area contributed by atoms with E-state index in [0.29, 0.717) is 12.1 Å². The van der Waals surface area contributed by atoms with Crippen LogP contribution in [-0.2, 0) is 12.6 Å². The Kier molecular flexibility index (Phi) is 4.03. The average molecular weight is 359 g/mol. The van der Waals surface area contributed by atoms with Crippen LogP contribution >= 0.6 is 11.6 Å². The van der Waals surface area contributed by atoms with Crippen molar-refractivity contribution in [3.8, 4) is 0 Å². The fourth-order valence-corrected chi connectivity index (χ4v) is 3.38. The van der Waals surface area contributed by atoms with E-state index in [2.05, 4.69) is 15.4 Å². The number of rotatable bonds is 1. The first-order chi connectivity index (χ1) is 11.2. The molecule has 0 saturated heterocycles. The third-order valence-electron chi connectivity index (χ3n) is 4.20. The van der Waals surface area contributed by atoms with Crippen LogP contribution in [0.3, 0.4) is 0 Å². The van der Waals surface area contributed by atoms with Gasteiger partial charge in [0, 0.05) is 12.5 Å². The summed E-state index contributed by atoms with van der Waals surface area (Å²) in [6.07, 6.45) is -4.15. The largest absolute Gasteiger partial charge is 0.417 e. The molecule has 2 aromatic rings. The lowest BCUT2D eigenvalue weighted by Crippen LogP contribution is -2.45. The molecule has 0 spiro atoms. The zero-order valence-corrected chi connectivity index (χ0v) is 13.6. The first-order valence-electron chi connectivity index (χ1n) is 7.29. The van der Waals surface area contributed by atoms with Gasteiger partial charge >= 0.3 is 6.18 Å². The molecule has 24 heavy (non-hydrogen) atoms. The number of benzene rings is 1. The molecule has 0 bridgehead atoms. The highest BCUT2D eigenvalue weighted by molar-refractivity contribution is 6.34. The van der Waals surface area contributed by atoms with Crippen LogP contribution in [0, 0.1) is 0 Å². The monoisotopic (exact) mass is 358 g/mol. The van der Waals surface area contributed by atoms with Gasteiger partial charge in [0.15, 0.2) is 0 Å². The van der Waals surface area contributed by atoms with E-state index in [1.165, 1.54) is 17.0 Å². The van der Waals surface area contributed by atoms with Gasteiger partial charge in [0.25, 0.3) is 5.91 Å². The number of H-pyrrole nitrogens is 1. The molecule has 5 nitrogen and oxygen atoms in total. The van der Waals surface area contributed by atoms with Gasteiger partial charge < -0.3 is 4.90 Å². The second kappa shape index (κ2) is 5.77. The number of hydrogen-bond donors (Lipinski definition) is 1. The van der Waals surface area contributed by atoms with Gasteiger partial charge in [0.1, 0.15) is 5.69 Å². The summed E-state index contributed by atoms with van der Waals surface area (Å²) in [5.74, 6) is -0.556. The molecular weight excluding hydrogens is 345 g/mol. The zero-order chi connectivity index (χ0) is 17.6. The van der Waals surface area contributed by atoms with E-state index in [4.69, 9.17) is 11.6 Å². The number of hydrogen-bond acceptors (Lipinski definition) is 3. The Morgan fingerprint density at radius 3 is 2.71 bits per heavy atom. The Labute approximate surface area is 140 Å². The minimum absolute atomic E-state index is 0.169. The van der Waals surface area contributed by atoms with Crippen molar-refractivity contribution in [2.75, 3.05) is 0 Å². The van der Waals surface area contributed by atoms with Crippen molar-refractivity contribution in [2.24, 2.45) is 0 Å². The van der Waals surface area contributed by atoms with Crippen molar-refractivity contribution in [3.05, 3.63) is 45.7 Å². The van der Waals surface area contributed by atoms with Crippen LogP contribution in [-0.4, -0.2) is 32.3 Å². The highest BCUT2D eigenvalue weighted by Gasteiger charge is 2.39. The third kappa shape index (κ3) is 2.64. The molecule has 0 aliphatic carbocycles. The summed E-state index contributed by atoms with van der Waals surface area (Å²) in [6, 6.07) is 2.69. The second-order valence-corrected chi connectivity index (χ2v) is 6.14. The molecule has 9 heteroatoms. The van der Waals surface area contributed by atoms with Crippen LogP contribution < -0.4 is 0 Å². The number of carbonyl (C=O) groups is 1. The third-order valence-corrected chi connectivity index (χ3v) is 4.60. The van der Waals surface area contributed by atoms with E-state index >= 15 is 0 Å². The van der Waals surface area contributed by atoms with Crippen LogP contribution in [0.2, 0.25) is 5.02 Å². The van der Waals surface area contributed by atoms with Crippen LogP contribution in [0.5, 0.6) is 0 Å². The summed E-state index contributed by atoms with van der Waals surface area (Å²) in [4.78, 5) is 14.4. The second-order valence-electron chi connectivity index (χ2n) is 5.76. The van der Waals surface area contributed by atoms with Gasteiger partial charge in [-0.2, -0.15) is 28.6 Å². The number of carbonyl (C=O) groups excluding carboxylic acids is 1. The fraction of sp³-hybridized carbons (Fsp3) is 0.400. The molecule has 1 aromatic carbocycles. The number of fused-ring (bicyclic) bond motifs is 1. The number of aromatic nitrogens is 3. The predicted octanol–water partition coefficient (Wildman–Crippen LogP) is 3.62. The predicted molar refractivity (Wildman–Crippen MR) is 80.6 cm³/mol. The van der Waals surface area contributed by atoms with Gasteiger partial charge in [-0.1, -0.05) is 17.7 Å². The van der Waals surface area contributed by atoms with E-state index in [-0.39, 0.29) is 11.6 Å². The molecule has 2 heterocycles. The number of alkyl halides is 3. The van der Waals surface area contributed by atoms with Crippen molar-refractivity contribution in [3.63, 3.8) is 0 Å². The van der Waals surface area contributed by atoms with Gasteiger partial charge in [-0.15, -0.1) is 0 Å². The lowest BCUT2D eigenvalue weighted by Gasteiger charge is -2.37. The summed E-state index contributed by atoms with van der Waals surface area (Å²) < 4.78 is 39.0. The molecule has 3 rings (SSSR count). The van der Waals surface area contributed by atoms with Gasteiger partial charge in [-0.3, -0.25) is 4.79 Å². The van der Waals surface area contributed by atoms with E-state index in [1.807, 2.05) is 6.92 Å². The summed E-state index contributed by atoms with van der Waals surface area (Å²) in [7, 11) is 0. The Bertz CT molecular complexity index is 789. The molecule has 0 radical (unpaired) electrons. The molecule has 1 amide bonds. The first-order valence-corrected chi connectivity index (χ1v) is 7.67. The molecule has 128 valence electrons. The lowest BCUT2D eigenvalue weighted by atomic mass is 9.96. The van der Waals surface area contributed by atoms with E-state index < -0.39 is 28.7 Å². The molecule has 0 unspecified atom stereocenters. The van der Waals surface area contributed by atoms with Crippen LogP contribution in [0.25, 0.3) is 0 Å². The van der Waals surface area contributed by atoms with Crippen molar-refractivity contribution in [1.29, 1.82) is 0 Å². The normalized spacial score (nSPS) is 20.8. The van der Waals surface area contributed by atoms with E-state index in [1.54, 1.807) is 6.92 Å². The van der Waals surface area contributed by atoms with E-state index in [0.717, 1.165) is 11.8 Å². The fourth-order valence-electron chi connectivity index (χ4n) is 3.07. The van der Waals surface area contributed by atoms with E-state index in [9.17, 15) is 18.0 Å². The number of halogens is 4. The minimum Gasteiger partial charge on any atom is -0.327 e. The molecule has 1 aromatic heterocycles. The molecule has 2 atom stereocenters. The lowest BCUT2D eigenvalue weighted by molar-refractivity contribution is -0.137. The molecule has 1 aliphatic rings. The van der Waals surface area contributed by atoms with Gasteiger partial charge in [0.2, 0.25) is 0 Å². The van der Waals surface area contributed by atoms with Crippen LogP contribution in [0.1, 0.15) is 47.2 Å². The summed E-state index contributed by atoms with van der Waals surface area (Å²) >= 11 is 5.88. The Morgan fingerprint density at radius 1 is 1.33 bits per heavy atom. The molecule has 0 saturated carbocycles. The highest BCUT2D eigenvalue weighted by Crippen LogP contribution is 2.38. The summed E-state index contributed by atoms with van der Waals surface area (Å²) in [5, 5.41) is 10.0. The Morgan fingerprint density at radius 2 is 2.04 bits per heavy atom. The average Bonchev–Trinajstić information content (AvgIpc) is 2.94. The van der Waals surface area contributed by atoms with Crippen molar-refractivity contribution < 1.29 is 18.0 Å². The van der Waals surface area contributed by atoms with Gasteiger partial charge in [-0.05, 0) is 26.0 Å². The van der Waals surface area contributed by atoms with Crippen molar-refractivity contribution in [1.82, 2.24) is 20.3 Å². The Balaban J connectivity index is 2.01. The maximum absolute atomic E-state index is 13.0. The maximum Gasteiger partial charge on any atom is 0.417 e. The topological polar surface area (TPSA) is 61.9 Å². The SMILES string of the molecule is C[C@@H]1Cc2n[nH]nc2[C@@H](C)N1C(=O)c1cccc(C(F)(F)F)c1Cl. The van der Waals surface area contributed by atoms with Crippen molar-refractivity contribution >= 4 is 17.5 Å². The quantitative estimate of drug-likeness (QED) is 0.846. The number of aromatic amines is 1. The smallest absolute Gasteiger partial charge is 0.327 e. The molecule has 1 N–H and O–H groups in total. The molecular formula is C15H14ClF3N4O.